The SMILES string of the molecule is CCOC(=O)C1=NO[C@@]2(CC1)O[C@H](OC)[C@H](OCc1ccccc1)[C@@H](OCc1ccccc1)[C@@H]2OCc1ccccc1. The van der Waals surface area contributed by atoms with E-state index in [9.17, 15) is 4.79 Å². The molecule has 0 radical (unpaired) electrons. The highest BCUT2D eigenvalue weighted by Gasteiger charge is 2.60. The Morgan fingerprint density at radius 2 is 1.33 bits per heavy atom. The van der Waals surface area contributed by atoms with Crippen LogP contribution in [0, 0.1) is 0 Å². The van der Waals surface area contributed by atoms with Crippen LogP contribution in [0.3, 0.4) is 0 Å². The molecule has 3 aromatic rings. The quantitative estimate of drug-likeness (QED) is 0.273. The average Bonchev–Trinajstić information content (AvgIpc) is 3.04. The molecule has 0 amide bonds. The summed E-state index contributed by atoms with van der Waals surface area (Å²) in [5.41, 5.74) is 3.14. The molecule has 0 N–H and O–H groups in total. The van der Waals surface area contributed by atoms with Crippen LogP contribution in [0.25, 0.3) is 0 Å². The number of nitrogens with zero attached hydrogens (tertiary/aromatic N) is 1. The first-order valence-electron chi connectivity index (χ1n) is 14.2. The monoisotopic (exact) mass is 575 g/mol. The van der Waals surface area contributed by atoms with Crippen molar-refractivity contribution in [1.82, 2.24) is 0 Å². The van der Waals surface area contributed by atoms with Crippen LogP contribution in [0.4, 0.5) is 0 Å². The molecule has 42 heavy (non-hydrogen) atoms. The molecule has 9 heteroatoms. The van der Waals surface area contributed by atoms with E-state index in [0.29, 0.717) is 13.2 Å². The van der Waals surface area contributed by atoms with E-state index in [1.165, 1.54) is 0 Å². The molecule has 0 aliphatic carbocycles. The fourth-order valence-corrected chi connectivity index (χ4v) is 5.11. The minimum absolute atomic E-state index is 0.186. The molecule has 2 heterocycles. The standard InChI is InChI=1S/C33H37NO8/c1-3-37-31(35)27-19-20-33(42-34-27)30(40-23-26-17-11-6-12-18-26)28(38-21-24-13-7-4-8-14-24)29(32(36-2)41-33)39-22-25-15-9-5-10-16-25/h4-18,28-30,32H,3,19-23H2,1-2H3/t28-,29-,30+,32+,33-/m1/s1. The zero-order valence-corrected chi connectivity index (χ0v) is 23.9. The van der Waals surface area contributed by atoms with Gasteiger partial charge in [0, 0.05) is 20.0 Å². The van der Waals surface area contributed by atoms with Crippen LogP contribution in [-0.4, -0.2) is 55.8 Å². The van der Waals surface area contributed by atoms with Gasteiger partial charge in [-0.1, -0.05) is 96.2 Å². The smallest absolute Gasteiger partial charge is 0.356 e. The molecule has 1 fully saturated rings. The molecular weight excluding hydrogens is 538 g/mol. The van der Waals surface area contributed by atoms with Gasteiger partial charge in [-0.2, -0.15) is 0 Å². The van der Waals surface area contributed by atoms with Crippen LogP contribution < -0.4 is 0 Å². The average molecular weight is 576 g/mol. The normalized spacial score (nSPS) is 25.4. The first-order chi connectivity index (χ1) is 20.6. The number of methoxy groups -OCH3 is 1. The van der Waals surface area contributed by atoms with E-state index >= 15 is 0 Å². The summed E-state index contributed by atoms with van der Waals surface area (Å²) in [7, 11) is 1.55. The van der Waals surface area contributed by atoms with Gasteiger partial charge in [-0.25, -0.2) is 4.79 Å². The minimum Gasteiger partial charge on any atom is -0.461 e. The largest absolute Gasteiger partial charge is 0.461 e. The molecule has 1 spiro atoms. The van der Waals surface area contributed by atoms with Crippen LogP contribution in [0.15, 0.2) is 96.2 Å². The van der Waals surface area contributed by atoms with Crippen LogP contribution in [0.1, 0.15) is 36.5 Å². The summed E-state index contributed by atoms with van der Waals surface area (Å²) in [6, 6.07) is 29.6. The topological polar surface area (TPSA) is 94.0 Å². The fourth-order valence-electron chi connectivity index (χ4n) is 5.11. The Morgan fingerprint density at radius 1 is 0.810 bits per heavy atom. The van der Waals surface area contributed by atoms with Crippen molar-refractivity contribution in [2.75, 3.05) is 13.7 Å². The minimum atomic E-state index is -1.40. The van der Waals surface area contributed by atoms with Gasteiger partial charge in [-0.15, -0.1) is 0 Å². The number of benzene rings is 3. The van der Waals surface area contributed by atoms with Crippen molar-refractivity contribution in [2.24, 2.45) is 5.16 Å². The molecule has 0 saturated carbocycles. The van der Waals surface area contributed by atoms with Crippen LogP contribution >= 0.6 is 0 Å². The Balaban J connectivity index is 1.48. The maximum Gasteiger partial charge on any atom is 0.356 e. The van der Waals surface area contributed by atoms with Gasteiger partial charge in [-0.3, -0.25) is 0 Å². The van der Waals surface area contributed by atoms with E-state index < -0.39 is 36.4 Å². The van der Waals surface area contributed by atoms with Gasteiger partial charge in [0.2, 0.25) is 0 Å². The van der Waals surface area contributed by atoms with Crippen molar-refractivity contribution in [2.45, 2.75) is 70.0 Å². The molecule has 222 valence electrons. The van der Waals surface area contributed by atoms with Gasteiger partial charge in [0.25, 0.3) is 5.79 Å². The number of oxime groups is 1. The second-order valence-corrected chi connectivity index (χ2v) is 10.1. The van der Waals surface area contributed by atoms with Crippen molar-refractivity contribution in [3.05, 3.63) is 108 Å². The predicted octanol–water partition coefficient (Wildman–Crippen LogP) is 5.17. The fraction of sp³-hybridized carbons (Fsp3) is 0.394. The maximum atomic E-state index is 12.4. The number of carbonyl (C=O) groups is 1. The summed E-state index contributed by atoms with van der Waals surface area (Å²) in [5.74, 6) is -1.92. The molecule has 1 saturated heterocycles. The Labute approximate surface area is 246 Å². The Kier molecular flexibility index (Phi) is 10.3. The van der Waals surface area contributed by atoms with Crippen LogP contribution in [0.2, 0.25) is 0 Å². The molecule has 5 atom stereocenters. The van der Waals surface area contributed by atoms with E-state index in [4.69, 9.17) is 33.3 Å². The van der Waals surface area contributed by atoms with Crippen molar-refractivity contribution in [3.8, 4) is 0 Å². The summed E-state index contributed by atoms with van der Waals surface area (Å²) >= 11 is 0. The number of carbonyl (C=O) groups excluding carboxylic acids is 1. The first kappa shape index (κ1) is 29.9. The first-order valence-corrected chi connectivity index (χ1v) is 14.2. The summed E-state index contributed by atoms with van der Waals surface area (Å²) in [5, 5.41) is 4.16. The third-order valence-corrected chi connectivity index (χ3v) is 7.25. The van der Waals surface area contributed by atoms with Crippen molar-refractivity contribution >= 4 is 11.7 Å². The van der Waals surface area contributed by atoms with E-state index in [1.807, 2.05) is 91.0 Å². The molecule has 2 aliphatic heterocycles. The summed E-state index contributed by atoms with van der Waals surface area (Å²) in [6.45, 7) is 2.86. The van der Waals surface area contributed by atoms with Gasteiger partial charge in [0.15, 0.2) is 18.1 Å². The van der Waals surface area contributed by atoms with Crippen molar-refractivity contribution in [1.29, 1.82) is 0 Å². The molecule has 5 rings (SSSR count). The molecule has 9 nitrogen and oxygen atoms in total. The Morgan fingerprint density at radius 3 is 1.81 bits per heavy atom. The van der Waals surface area contributed by atoms with Crippen LogP contribution in [0.5, 0.6) is 0 Å². The zero-order chi connectivity index (χ0) is 29.2. The zero-order valence-electron chi connectivity index (χ0n) is 23.9. The summed E-state index contributed by atoms with van der Waals surface area (Å²) in [6.07, 6.45) is -2.49. The van der Waals surface area contributed by atoms with E-state index in [2.05, 4.69) is 5.16 Å². The second kappa shape index (κ2) is 14.5. The van der Waals surface area contributed by atoms with Crippen LogP contribution in [-0.2, 0) is 57.9 Å². The molecular formula is C33H37NO8. The highest BCUT2D eigenvalue weighted by Crippen LogP contribution is 2.42. The van der Waals surface area contributed by atoms with Crippen molar-refractivity contribution in [3.63, 3.8) is 0 Å². The highest BCUT2D eigenvalue weighted by molar-refractivity contribution is 6.36. The number of hydrogen-bond donors (Lipinski definition) is 0. The van der Waals surface area contributed by atoms with Gasteiger partial charge < -0.3 is 33.3 Å². The molecule has 3 aromatic carbocycles. The maximum absolute atomic E-state index is 12.4. The van der Waals surface area contributed by atoms with Gasteiger partial charge in [0.05, 0.1) is 26.4 Å². The highest BCUT2D eigenvalue weighted by atomic mass is 16.8. The van der Waals surface area contributed by atoms with Crippen molar-refractivity contribution < 1.29 is 38.1 Å². The number of hydrogen-bond acceptors (Lipinski definition) is 9. The lowest BCUT2D eigenvalue weighted by molar-refractivity contribution is -0.417. The lowest BCUT2D eigenvalue weighted by atomic mass is 9.90. The summed E-state index contributed by atoms with van der Waals surface area (Å²) in [4.78, 5) is 18.4. The van der Waals surface area contributed by atoms with E-state index in [0.717, 1.165) is 16.7 Å². The Hall–Kier alpha value is -3.60. The van der Waals surface area contributed by atoms with E-state index in [-0.39, 0.29) is 31.8 Å². The lowest BCUT2D eigenvalue weighted by Gasteiger charge is -2.51. The van der Waals surface area contributed by atoms with Gasteiger partial charge >= 0.3 is 5.97 Å². The predicted molar refractivity (Wildman–Crippen MR) is 154 cm³/mol. The lowest BCUT2D eigenvalue weighted by Crippen LogP contribution is -2.68. The van der Waals surface area contributed by atoms with E-state index in [1.54, 1.807) is 14.0 Å². The second-order valence-electron chi connectivity index (χ2n) is 10.1. The number of rotatable bonds is 12. The molecule has 0 unspecified atom stereocenters. The molecule has 2 aliphatic rings. The molecule has 0 aromatic heterocycles. The number of esters is 1. The van der Waals surface area contributed by atoms with Gasteiger partial charge in [0.1, 0.15) is 12.2 Å². The third-order valence-electron chi connectivity index (χ3n) is 7.25. The Bertz CT molecular complexity index is 1290. The number of ether oxygens (including phenoxy) is 6. The molecule has 0 bridgehead atoms. The summed E-state index contributed by atoms with van der Waals surface area (Å²) < 4.78 is 37.1. The van der Waals surface area contributed by atoms with Gasteiger partial charge in [-0.05, 0) is 23.6 Å². The third kappa shape index (κ3) is 7.24.